The first-order chi connectivity index (χ1) is 21.3. The maximum atomic E-state index is 5.33. The Hall–Kier alpha value is -5.38. The molecule has 0 aliphatic carbocycles. The normalized spacial score (nSPS) is 11.7. The van der Waals surface area contributed by atoms with Crippen molar-refractivity contribution in [2.24, 2.45) is 0 Å². The van der Waals surface area contributed by atoms with Crippen LogP contribution in [0.3, 0.4) is 0 Å². The van der Waals surface area contributed by atoms with Crippen LogP contribution < -0.4 is 0 Å². The van der Waals surface area contributed by atoms with Crippen molar-refractivity contribution in [1.29, 1.82) is 0 Å². The zero-order valence-electron chi connectivity index (χ0n) is 23.2. The van der Waals surface area contributed by atoms with Crippen LogP contribution >= 0.6 is 11.3 Å². The highest BCUT2D eigenvalue weighted by Crippen LogP contribution is 2.40. The highest BCUT2D eigenvalue weighted by atomic mass is 32.1. The fourth-order valence-corrected chi connectivity index (χ4v) is 7.56. The molecule has 0 fully saturated rings. The van der Waals surface area contributed by atoms with E-state index < -0.39 is 0 Å². The number of hydrogen-bond donors (Lipinski definition) is 0. The largest absolute Gasteiger partial charge is 0.228 e. The number of hydrogen-bond acceptors (Lipinski definition) is 3. The van der Waals surface area contributed by atoms with Crippen molar-refractivity contribution in [2.75, 3.05) is 0 Å². The smallest absolute Gasteiger partial charge is 0.161 e. The van der Waals surface area contributed by atoms with Gasteiger partial charge < -0.3 is 0 Å². The van der Waals surface area contributed by atoms with Gasteiger partial charge in [-0.25, -0.2) is 9.97 Å². The Bertz CT molecular complexity index is 2510. The second-order valence-electron chi connectivity index (χ2n) is 11.0. The zero-order chi connectivity index (χ0) is 28.3. The van der Waals surface area contributed by atoms with E-state index in [1.54, 1.807) is 0 Å². The second-order valence-corrected chi connectivity index (χ2v) is 12.1. The minimum Gasteiger partial charge on any atom is -0.228 e. The van der Waals surface area contributed by atoms with Crippen LogP contribution in [-0.2, 0) is 0 Å². The molecule has 43 heavy (non-hydrogen) atoms. The van der Waals surface area contributed by atoms with Crippen LogP contribution in [0.25, 0.3) is 86.4 Å². The standard InChI is InChI=1S/C40H24N2S/c1-2-11-26(12-3-1)35-24-36(28-19-20-32-31-16-8-9-17-37(31)43-38(32)23-28)42-40(41-35)39-30-15-7-5-13-27(30)22-34-29-14-6-4-10-25(29)18-21-33(34)39/h1-24H. The highest BCUT2D eigenvalue weighted by molar-refractivity contribution is 7.25. The summed E-state index contributed by atoms with van der Waals surface area (Å²) in [6.07, 6.45) is 0. The fraction of sp³-hybridized carbons (Fsp3) is 0. The molecule has 2 heterocycles. The van der Waals surface area contributed by atoms with Crippen molar-refractivity contribution in [1.82, 2.24) is 9.97 Å². The molecule has 9 rings (SSSR count). The molecule has 0 aliphatic heterocycles. The van der Waals surface area contributed by atoms with Gasteiger partial charge in [0.25, 0.3) is 0 Å². The molecule has 9 aromatic rings. The lowest BCUT2D eigenvalue weighted by Crippen LogP contribution is -1.97. The number of aromatic nitrogens is 2. The molecule has 0 unspecified atom stereocenters. The van der Waals surface area contributed by atoms with Crippen molar-refractivity contribution < 1.29 is 0 Å². The molecule has 0 saturated heterocycles. The molecule has 0 bridgehead atoms. The van der Waals surface area contributed by atoms with Gasteiger partial charge in [0, 0.05) is 36.9 Å². The third-order valence-electron chi connectivity index (χ3n) is 8.46. The van der Waals surface area contributed by atoms with E-state index in [4.69, 9.17) is 9.97 Å². The Kier molecular flexibility index (Phi) is 5.40. The third kappa shape index (κ3) is 3.93. The molecule has 0 atom stereocenters. The topological polar surface area (TPSA) is 25.8 Å². The summed E-state index contributed by atoms with van der Waals surface area (Å²) in [5.41, 5.74) is 5.07. The van der Waals surface area contributed by atoms with Crippen molar-refractivity contribution in [3.63, 3.8) is 0 Å². The van der Waals surface area contributed by atoms with Crippen LogP contribution in [0.4, 0.5) is 0 Å². The van der Waals surface area contributed by atoms with E-state index in [0.29, 0.717) is 0 Å². The molecule has 2 aromatic heterocycles. The second kappa shape index (κ2) is 9.59. The zero-order valence-corrected chi connectivity index (χ0v) is 24.0. The maximum Gasteiger partial charge on any atom is 0.161 e. The van der Waals surface area contributed by atoms with Gasteiger partial charge in [-0.2, -0.15) is 0 Å². The van der Waals surface area contributed by atoms with Crippen LogP contribution in [0.2, 0.25) is 0 Å². The molecule has 7 aromatic carbocycles. The van der Waals surface area contributed by atoms with E-state index in [1.165, 1.54) is 41.7 Å². The summed E-state index contributed by atoms with van der Waals surface area (Å²) in [6, 6.07) is 51.9. The molecular formula is C40H24N2S. The summed E-state index contributed by atoms with van der Waals surface area (Å²) in [6.45, 7) is 0. The summed E-state index contributed by atoms with van der Waals surface area (Å²) in [4.78, 5) is 10.6. The molecule has 0 saturated carbocycles. The van der Waals surface area contributed by atoms with Crippen LogP contribution in [-0.4, -0.2) is 9.97 Å². The van der Waals surface area contributed by atoms with E-state index in [0.717, 1.165) is 44.7 Å². The molecule has 3 heteroatoms. The average Bonchev–Trinajstić information content (AvgIpc) is 3.45. The van der Waals surface area contributed by atoms with Gasteiger partial charge in [-0.15, -0.1) is 11.3 Å². The molecule has 200 valence electrons. The quantitative estimate of drug-likeness (QED) is 0.158. The van der Waals surface area contributed by atoms with E-state index in [-0.39, 0.29) is 0 Å². The van der Waals surface area contributed by atoms with Gasteiger partial charge in [-0.1, -0.05) is 121 Å². The van der Waals surface area contributed by atoms with Crippen molar-refractivity contribution >= 4 is 63.8 Å². The van der Waals surface area contributed by atoms with E-state index in [1.807, 2.05) is 17.4 Å². The summed E-state index contributed by atoms with van der Waals surface area (Å²) in [7, 11) is 0. The van der Waals surface area contributed by atoms with Crippen LogP contribution in [0, 0.1) is 0 Å². The number of thiophene rings is 1. The first kappa shape index (κ1) is 24.2. The Labute approximate surface area is 252 Å². The summed E-state index contributed by atoms with van der Waals surface area (Å²) >= 11 is 1.83. The summed E-state index contributed by atoms with van der Waals surface area (Å²) in [5.74, 6) is 0.741. The number of rotatable bonds is 3. The molecule has 0 spiro atoms. The predicted molar refractivity (Wildman–Crippen MR) is 184 cm³/mol. The Morgan fingerprint density at radius 1 is 0.372 bits per heavy atom. The lowest BCUT2D eigenvalue weighted by molar-refractivity contribution is 1.19. The van der Waals surface area contributed by atoms with Crippen molar-refractivity contribution in [3.05, 3.63) is 146 Å². The Morgan fingerprint density at radius 3 is 1.88 bits per heavy atom. The van der Waals surface area contributed by atoms with Crippen LogP contribution in [0.1, 0.15) is 0 Å². The molecule has 2 nitrogen and oxygen atoms in total. The lowest BCUT2D eigenvalue weighted by Gasteiger charge is -2.15. The Balaban J connectivity index is 1.36. The minimum atomic E-state index is 0.741. The average molecular weight is 565 g/mol. The maximum absolute atomic E-state index is 5.33. The lowest BCUT2D eigenvalue weighted by atomic mass is 9.92. The van der Waals surface area contributed by atoms with E-state index in [2.05, 4.69) is 140 Å². The Morgan fingerprint density at radius 2 is 1.02 bits per heavy atom. The predicted octanol–water partition coefficient (Wildman–Crippen LogP) is 11.3. The van der Waals surface area contributed by atoms with Gasteiger partial charge in [0.2, 0.25) is 0 Å². The number of nitrogens with zero attached hydrogens (tertiary/aromatic N) is 2. The van der Waals surface area contributed by atoms with E-state index >= 15 is 0 Å². The molecule has 0 N–H and O–H groups in total. The summed E-state index contributed by atoms with van der Waals surface area (Å²) in [5, 5.41) is 9.77. The van der Waals surface area contributed by atoms with E-state index in [9.17, 15) is 0 Å². The first-order valence-electron chi connectivity index (χ1n) is 14.5. The van der Waals surface area contributed by atoms with Crippen LogP contribution in [0.15, 0.2) is 146 Å². The third-order valence-corrected chi connectivity index (χ3v) is 9.60. The van der Waals surface area contributed by atoms with Gasteiger partial charge in [0.15, 0.2) is 5.82 Å². The minimum absolute atomic E-state index is 0.741. The monoisotopic (exact) mass is 564 g/mol. The van der Waals surface area contributed by atoms with Crippen molar-refractivity contribution in [3.8, 4) is 33.9 Å². The SMILES string of the molecule is c1ccc(-c2cc(-c3ccc4c(c3)sc3ccccc34)nc(-c3c4ccccc4cc4c3ccc3ccccc34)n2)cc1. The number of fused-ring (bicyclic) bond motifs is 7. The van der Waals surface area contributed by atoms with Gasteiger partial charge >= 0.3 is 0 Å². The van der Waals surface area contributed by atoms with Crippen molar-refractivity contribution in [2.45, 2.75) is 0 Å². The first-order valence-corrected chi connectivity index (χ1v) is 15.3. The van der Waals surface area contributed by atoms with Crippen LogP contribution in [0.5, 0.6) is 0 Å². The molecule has 0 aliphatic rings. The van der Waals surface area contributed by atoms with Gasteiger partial charge in [-0.3, -0.25) is 0 Å². The molecular weight excluding hydrogens is 541 g/mol. The van der Waals surface area contributed by atoms with Gasteiger partial charge in [0.05, 0.1) is 11.4 Å². The fourth-order valence-electron chi connectivity index (χ4n) is 6.41. The highest BCUT2D eigenvalue weighted by Gasteiger charge is 2.18. The number of benzene rings is 7. The molecule has 0 radical (unpaired) electrons. The summed E-state index contributed by atoms with van der Waals surface area (Å²) < 4.78 is 2.57. The van der Waals surface area contributed by atoms with Gasteiger partial charge in [0.1, 0.15) is 0 Å². The molecule has 0 amide bonds. The van der Waals surface area contributed by atoms with Gasteiger partial charge in [-0.05, 0) is 56.6 Å².